The highest BCUT2D eigenvalue weighted by atomic mass is 16.3. The topological polar surface area (TPSA) is 49.3 Å². The van der Waals surface area contributed by atoms with Crippen LogP contribution in [-0.4, -0.2) is 23.7 Å². The SMILES string of the molecule is CC/C=C\C/C=C\C/C=C\C/C=C\C/C=C\CCCC(=O)NC[C@@H](C)O. The second kappa shape index (κ2) is 19.5. The van der Waals surface area contributed by atoms with Crippen molar-refractivity contribution in [2.45, 2.75) is 71.3 Å². The van der Waals surface area contributed by atoms with Gasteiger partial charge in [0.25, 0.3) is 0 Å². The van der Waals surface area contributed by atoms with Crippen LogP contribution in [0.3, 0.4) is 0 Å². The Morgan fingerprint density at radius 2 is 1.31 bits per heavy atom. The van der Waals surface area contributed by atoms with E-state index < -0.39 is 6.10 Å². The van der Waals surface area contributed by atoms with E-state index in [1.54, 1.807) is 6.92 Å². The van der Waals surface area contributed by atoms with E-state index in [0.717, 1.165) is 44.9 Å². The first-order chi connectivity index (χ1) is 12.7. The van der Waals surface area contributed by atoms with Crippen molar-refractivity contribution in [2.75, 3.05) is 6.54 Å². The van der Waals surface area contributed by atoms with Gasteiger partial charge in [0, 0.05) is 13.0 Å². The van der Waals surface area contributed by atoms with Crippen LogP contribution in [0.4, 0.5) is 0 Å². The Kier molecular flexibility index (Phi) is 18.1. The van der Waals surface area contributed by atoms with E-state index in [4.69, 9.17) is 5.11 Å². The van der Waals surface area contributed by atoms with Crippen LogP contribution in [0, 0.1) is 0 Å². The van der Waals surface area contributed by atoms with Gasteiger partial charge >= 0.3 is 0 Å². The summed E-state index contributed by atoms with van der Waals surface area (Å²) in [5, 5.41) is 11.8. The smallest absolute Gasteiger partial charge is 0.220 e. The first-order valence-corrected chi connectivity index (χ1v) is 9.86. The summed E-state index contributed by atoms with van der Waals surface area (Å²) >= 11 is 0. The highest BCUT2D eigenvalue weighted by molar-refractivity contribution is 5.75. The van der Waals surface area contributed by atoms with Gasteiger partial charge in [-0.1, -0.05) is 67.7 Å². The second-order valence-corrected chi connectivity index (χ2v) is 6.25. The standard InChI is InChI=1S/C23H37NO2/c1-3-4-5-6-7-8-9-10-11-12-13-14-15-16-17-18-19-20-23(26)24-21-22(2)25/h4-5,7-8,10-11,13-14,16-17,22,25H,3,6,9,12,15,18-21H2,1-2H3,(H,24,26)/b5-4-,8-7-,11-10-,14-13-,17-16-/t22-/m1/s1. The van der Waals surface area contributed by atoms with Gasteiger partial charge < -0.3 is 10.4 Å². The number of carbonyl (C=O) groups excluding carboxylic acids is 1. The number of amides is 1. The molecule has 3 nitrogen and oxygen atoms in total. The molecule has 0 heterocycles. The maximum absolute atomic E-state index is 11.4. The summed E-state index contributed by atoms with van der Waals surface area (Å²) in [6, 6.07) is 0. The van der Waals surface area contributed by atoms with E-state index in [1.807, 2.05) is 0 Å². The van der Waals surface area contributed by atoms with Gasteiger partial charge in [0.2, 0.25) is 5.91 Å². The molecule has 0 saturated carbocycles. The molecule has 1 atom stereocenters. The first kappa shape index (κ1) is 24.1. The van der Waals surface area contributed by atoms with E-state index in [0.29, 0.717) is 13.0 Å². The van der Waals surface area contributed by atoms with E-state index in [1.165, 1.54) is 0 Å². The Balaban J connectivity index is 3.51. The molecular formula is C23H37NO2. The molecule has 0 radical (unpaired) electrons. The van der Waals surface area contributed by atoms with Crippen LogP contribution < -0.4 is 5.32 Å². The number of hydrogen-bond acceptors (Lipinski definition) is 2. The van der Waals surface area contributed by atoms with Crippen molar-refractivity contribution in [3.05, 3.63) is 60.8 Å². The highest BCUT2D eigenvalue weighted by Crippen LogP contribution is 1.99. The maximum Gasteiger partial charge on any atom is 0.220 e. The van der Waals surface area contributed by atoms with Crippen LogP contribution >= 0.6 is 0 Å². The minimum absolute atomic E-state index is 0.0123. The number of unbranched alkanes of at least 4 members (excludes halogenated alkanes) is 1. The number of hydrogen-bond donors (Lipinski definition) is 2. The third-order valence-electron chi connectivity index (χ3n) is 3.53. The van der Waals surface area contributed by atoms with Gasteiger partial charge in [0.15, 0.2) is 0 Å². The van der Waals surface area contributed by atoms with Gasteiger partial charge in [-0.15, -0.1) is 0 Å². The van der Waals surface area contributed by atoms with Crippen LogP contribution in [0.2, 0.25) is 0 Å². The number of aliphatic hydroxyl groups excluding tert-OH is 1. The lowest BCUT2D eigenvalue weighted by atomic mass is 10.2. The molecule has 0 rings (SSSR count). The van der Waals surface area contributed by atoms with Gasteiger partial charge in [-0.2, -0.15) is 0 Å². The highest BCUT2D eigenvalue weighted by Gasteiger charge is 2.01. The number of allylic oxidation sites excluding steroid dienone is 10. The molecular weight excluding hydrogens is 322 g/mol. The Morgan fingerprint density at radius 3 is 1.77 bits per heavy atom. The fraction of sp³-hybridized carbons (Fsp3) is 0.522. The summed E-state index contributed by atoms with van der Waals surface area (Å²) in [7, 11) is 0. The van der Waals surface area contributed by atoms with Crippen molar-refractivity contribution >= 4 is 5.91 Å². The molecule has 0 aromatic rings. The van der Waals surface area contributed by atoms with E-state index in [2.05, 4.69) is 73.0 Å². The van der Waals surface area contributed by atoms with Crippen LogP contribution in [0.1, 0.15) is 65.2 Å². The quantitative estimate of drug-likeness (QED) is 0.303. The van der Waals surface area contributed by atoms with E-state index in [-0.39, 0.29) is 5.91 Å². The molecule has 1 amide bonds. The van der Waals surface area contributed by atoms with Crippen molar-refractivity contribution in [1.29, 1.82) is 0 Å². The van der Waals surface area contributed by atoms with Crippen LogP contribution in [-0.2, 0) is 4.79 Å². The molecule has 0 aliphatic rings. The summed E-state index contributed by atoms with van der Waals surface area (Å²) in [5.41, 5.74) is 0. The number of carbonyl (C=O) groups is 1. The predicted octanol–water partition coefficient (Wildman–Crippen LogP) is 5.41. The molecule has 0 saturated heterocycles. The summed E-state index contributed by atoms with van der Waals surface area (Å²) in [6.07, 6.45) is 28.6. The van der Waals surface area contributed by atoms with Gasteiger partial charge in [0.05, 0.1) is 6.10 Å². The van der Waals surface area contributed by atoms with Crippen molar-refractivity contribution in [3.63, 3.8) is 0 Å². The Morgan fingerprint density at radius 1 is 0.846 bits per heavy atom. The maximum atomic E-state index is 11.4. The molecule has 3 heteroatoms. The monoisotopic (exact) mass is 359 g/mol. The van der Waals surface area contributed by atoms with E-state index >= 15 is 0 Å². The van der Waals surface area contributed by atoms with Crippen molar-refractivity contribution < 1.29 is 9.90 Å². The van der Waals surface area contributed by atoms with Crippen molar-refractivity contribution in [2.24, 2.45) is 0 Å². The molecule has 0 aromatic heterocycles. The Labute approximate surface area is 160 Å². The van der Waals surface area contributed by atoms with Gasteiger partial charge in [-0.25, -0.2) is 0 Å². The first-order valence-electron chi connectivity index (χ1n) is 9.86. The zero-order chi connectivity index (χ0) is 19.3. The fourth-order valence-electron chi connectivity index (χ4n) is 2.10. The molecule has 146 valence electrons. The normalized spacial score (nSPS) is 13.8. The Hall–Kier alpha value is -1.87. The number of rotatable bonds is 15. The summed E-state index contributed by atoms with van der Waals surface area (Å²) < 4.78 is 0. The number of aliphatic hydroxyl groups is 1. The lowest BCUT2D eigenvalue weighted by Gasteiger charge is -2.05. The lowest BCUT2D eigenvalue weighted by Crippen LogP contribution is -2.30. The minimum atomic E-state index is -0.482. The average molecular weight is 360 g/mol. The molecule has 2 N–H and O–H groups in total. The van der Waals surface area contributed by atoms with Gasteiger partial charge in [0.1, 0.15) is 0 Å². The zero-order valence-electron chi connectivity index (χ0n) is 16.6. The average Bonchev–Trinajstić information content (AvgIpc) is 2.62. The molecule has 26 heavy (non-hydrogen) atoms. The number of nitrogens with one attached hydrogen (secondary N) is 1. The van der Waals surface area contributed by atoms with Gasteiger partial charge in [-0.05, 0) is 51.9 Å². The van der Waals surface area contributed by atoms with Crippen LogP contribution in [0.25, 0.3) is 0 Å². The predicted molar refractivity (Wildman–Crippen MR) is 113 cm³/mol. The molecule has 0 unspecified atom stereocenters. The third kappa shape index (κ3) is 20.2. The minimum Gasteiger partial charge on any atom is -0.392 e. The second-order valence-electron chi connectivity index (χ2n) is 6.25. The summed E-state index contributed by atoms with van der Waals surface area (Å²) in [5.74, 6) is 0.0123. The van der Waals surface area contributed by atoms with Crippen molar-refractivity contribution in [1.82, 2.24) is 5.32 Å². The summed E-state index contributed by atoms with van der Waals surface area (Å²) in [6.45, 7) is 4.15. The molecule has 0 fully saturated rings. The third-order valence-corrected chi connectivity index (χ3v) is 3.53. The van der Waals surface area contributed by atoms with Crippen LogP contribution in [0.15, 0.2) is 60.8 Å². The summed E-state index contributed by atoms with van der Waals surface area (Å²) in [4.78, 5) is 11.4. The molecule has 0 spiro atoms. The van der Waals surface area contributed by atoms with Gasteiger partial charge in [-0.3, -0.25) is 4.79 Å². The lowest BCUT2D eigenvalue weighted by molar-refractivity contribution is -0.121. The van der Waals surface area contributed by atoms with E-state index in [9.17, 15) is 4.79 Å². The molecule has 0 aromatic carbocycles. The van der Waals surface area contributed by atoms with Crippen molar-refractivity contribution in [3.8, 4) is 0 Å². The molecule has 0 bridgehead atoms. The Bertz CT molecular complexity index is 471. The largest absolute Gasteiger partial charge is 0.392 e. The van der Waals surface area contributed by atoms with Crippen LogP contribution in [0.5, 0.6) is 0 Å². The molecule has 0 aliphatic carbocycles. The zero-order valence-corrected chi connectivity index (χ0v) is 16.6. The molecule has 0 aliphatic heterocycles. The fourth-order valence-corrected chi connectivity index (χ4v) is 2.10.